The molecule has 5 heterocycles. The zero-order valence-electron chi connectivity index (χ0n) is 22.9. The number of ether oxygens (including phenoxy) is 1. The summed E-state index contributed by atoms with van der Waals surface area (Å²) in [4.78, 5) is 14.9. The Balaban J connectivity index is 1.37. The number of nitrogens with zero attached hydrogens (tertiary/aromatic N) is 8. The molecule has 10 heteroatoms. The first-order chi connectivity index (χ1) is 18.3. The molecule has 38 heavy (non-hydrogen) atoms. The summed E-state index contributed by atoms with van der Waals surface area (Å²) in [7, 11) is 0. The van der Waals surface area contributed by atoms with Crippen LogP contribution in [0.4, 0.5) is 10.2 Å². The molecule has 1 aromatic carbocycles. The van der Waals surface area contributed by atoms with Gasteiger partial charge in [-0.15, -0.1) is 10.2 Å². The van der Waals surface area contributed by atoms with Crippen LogP contribution < -0.4 is 4.90 Å². The number of halogens is 1. The molecule has 0 N–H and O–H groups in total. The molecule has 0 unspecified atom stereocenters. The Morgan fingerprint density at radius 2 is 1.97 bits per heavy atom. The van der Waals surface area contributed by atoms with Crippen molar-refractivity contribution in [1.29, 1.82) is 0 Å². The molecule has 9 nitrogen and oxygen atoms in total. The number of benzene rings is 1. The molecule has 2 saturated heterocycles. The van der Waals surface area contributed by atoms with Crippen LogP contribution in [0.1, 0.15) is 58.0 Å². The van der Waals surface area contributed by atoms with Crippen molar-refractivity contribution in [3.8, 4) is 0 Å². The molecule has 2 aliphatic rings. The second kappa shape index (κ2) is 9.89. The molecule has 0 spiro atoms. The van der Waals surface area contributed by atoms with Crippen molar-refractivity contribution in [1.82, 2.24) is 34.0 Å². The third kappa shape index (κ3) is 4.33. The lowest BCUT2D eigenvalue weighted by Gasteiger charge is -2.49. The van der Waals surface area contributed by atoms with Gasteiger partial charge in [0.15, 0.2) is 11.5 Å². The molecular weight excluding hydrogens is 483 g/mol. The van der Waals surface area contributed by atoms with E-state index >= 15 is 0 Å². The van der Waals surface area contributed by atoms with Crippen molar-refractivity contribution in [3.05, 3.63) is 47.8 Å². The first kappa shape index (κ1) is 25.2. The van der Waals surface area contributed by atoms with Crippen molar-refractivity contribution in [2.24, 2.45) is 5.92 Å². The van der Waals surface area contributed by atoms with E-state index in [1.807, 2.05) is 23.5 Å². The average Bonchev–Trinajstić information content (AvgIpc) is 3.62. The van der Waals surface area contributed by atoms with Crippen LogP contribution in [0.5, 0.6) is 0 Å². The van der Waals surface area contributed by atoms with E-state index in [2.05, 4.69) is 52.3 Å². The summed E-state index contributed by atoms with van der Waals surface area (Å²) in [5.74, 6) is 2.51. The lowest BCUT2D eigenvalue weighted by molar-refractivity contribution is 0.0820. The van der Waals surface area contributed by atoms with Crippen LogP contribution in [0.2, 0.25) is 0 Å². The molecule has 4 aromatic rings. The van der Waals surface area contributed by atoms with Gasteiger partial charge in [-0.1, -0.05) is 26.0 Å². The van der Waals surface area contributed by atoms with Crippen LogP contribution >= 0.6 is 0 Å². The van der Waals surface area contributed by atoms with Gasteiger partial charge in [0.05, 0.1) is 12.6 Å². The van der Waals surface area contributed by atoms with Crippen LogP contribution in [0.25, 0.3) is 16.9 Å². The predicted octanol–water partition coefficient (Wildman–Crippen LogP) is 4.40. The molecule has 202 valence electrons. The highest BCUT2D eigenvalue weighted by Gasteiger charge is 2.37. The number of hydrogen-bond donors (Lipinski definition) is 0. The van der Waals surface area contributed by atoms with Gasteiger partial charge in [0.1, 0.15) is 23.5 Å². The maximum atomic E-state index is 14.2. The Morgan fingerprint density at radius 3 is 2.71 bits per heavy atom. The van der Waals surface area contributed by atoms with Crippen molar-refractivity contribution < 1.29 is 9.13 Å². The van der Waals surface area contributed by atoms with Gasteiger partial charge in [0.2, 0.25) is 0 Å². The molecule has 0 aliphatic carbocycles. The summed E-state index contributed by atoms with van der Waals surface area (Å²) < 4.78 is 24.3. The fraction of sp³-hybridized carbons (Fsp3) is 0.571. The SMILES string of the molecule is Cc1nc2c(N3C[C@@H](C)N([C@@H](c4cccc(F)c4)C(C)C)C[C@@H]3C)nc3nncn3c2n1C[C@@H]1CCCO1. The Bertz CT molecular complexity index is 1440. The molecule has 0 amide bonds. The highest BCUT2D eigenvalue weighted by Crippen LogP contribution is 2.36. The first-order valence-corrected chi connectivity index (χ1v) is 13.8. The van der Waals surface area contributed by atoms with Crippen molar-refractivity contribution in [2.75, 3.05) is 24.6 Å². The number of aromatic nitrogens is 6. The third-order valence-corrected chi connectivity index (χ3v) is 8.20. The van der Waals surface area contributed by atoms with E-state index in [1.165, 1.54) is 6.07 Å². The van der Waals surface area contributed by atoms with Gasteiger partial charge >= 0.3 is 0 Å². The highest BCUT2D eigenvalue weighted by atomic mass is 19.1. The number of hydrogen-bond acceptors (Lipinski definition) is 7. The molecule has 2 aliphatic heterocycles. The summed E-state index contributed by atoms with van der Waals surface area (Å²) >= 11 is 0. The van der Waals surface area contributed by atoms with Gasteiger partial charge in [-0.25, -0.2) is 13.8 Å². The van der Waals surface area contributed by atoms with Gasteiger partial charge in [0.25, 0.3) is 5.78 Å². The van der Waals surface area contributed by atoms with Crippen molar-refractivity contribution in [2.45, 2.75) is 78.2 Å². The number of rotatable bonds is 6. The Labute approximate surface area is 222 Å². The van der Waals surface area contributed by atoms with E-state index in [9.17, 15) is 4.39 Å². The quantitative estimate of drug-likeness (QED) is 0.373. The van der Waals surface area contributed by atoms with Gasteiger partial charge in [-0.2, -0.15) is 4.98 Å². The van der Waals surface area contributed by atoms with E-state index in [0.717, 1.165) is 67.5 Å². The van der Waals surface area contributed by atoms with E-state index in [0.29, 0.717) is 11.7 Å². The first-order valence-electron chi connectivity index (χ1n) is 13.8. The number of piperazine rings is 1. The molecule has 6 rings (SSSR count). The van der Waals surface area contributed by atoms with Crippen molar-refractivity contribution in [3.63, 3.8) is 0 Å². The topological polar surface area (TPSA) is 76.6 Å². The summed E-state index contributed by atoms with van der Waals surface area (Å²) in [6, 6.07) is 7.59. The molecule has 4 atom stereocenters. The number of aryl methyl sites for hydroxylation is 1. The number of imidazole rings is 1. The van der Waals surface area contributed by atoms with Gasteiger partial charge in [0, 0.05) is 37.8 Å². The molecule has 0 radical (unpaired) electrons. The highest BCUT2D eigenvalue weighted by molar-refractivity contribution is 5.87. The predicted molar refractivity (Wildman–Crippen MR) is 145 cm³/mol. The second-order valence-corrected chi connectivity index (χ2v) is 11.3. The van der Waals surface area contributed by atoms with Crippen LogP contribution in [0, 0.1) is 18.7 Å². The van der Waals surface area contributed by atoms with Crippen LogP contribution in [0.3, 0.4) is 0 Å². The number of fused-ring (bicyclic) bond motifs is 3. The lowest BCUT2D eigenvalue weighted by Crippen LogP contribution is -2.58. The van der Waals surface area contributed by atoms with E-state index in [-0.39, 0.29) is 30.0 Å². The van der Waals surface area contributed by atoms with Crippen LogP contribution in [-0.2, 0) is 11.3 Å². The normalized spacial score (nSPS) is 23.8. The fourth-order valence-corrected chi connectivity index (χ4v) is 6.45. The minimum Gasteiger partial charge on any atom is -0.376 e. The minimum absolute atomic E-state index is 0.130. The standard InChI is InChI=1S/C28H37FN8O/c1-17(2)25(21-8-6-9-22(29)12-21)34-13-19(4)35(14-18(34)3)26-24-27(37-16-30-33-28(37)32-26)36(20(5)31-24)15-23-10-7-11-38-23/h6,8-9,12,16-19,23,25H,7,10-11,13-15H2,1-5H3/t18-,19+,23+,25-/m1/s1. The van der Waals surface area contributed by atoms with Gasteiger partial charge in [-0.05, 0) is 57.2 Å². The van der Waals surface area contributed by atoms with Crippen LogP contribution in [-0.4, -0.2) is 71.9 Å². The second-order valence-electron chi connectivity index (χ2n) is 11.3. The molecule has 3 aromatic heterocycles. The third-order valence-electron chi connectivity index (χ3n) is 8.20. The average molecular weight is 521 g/mol. The summed E-state index contributed by atoms with van der Waals surface area (Å²) in [5.41, 5.74) is 2.86. The molecule has 0 bridgehead atoms. The zero-order valence-corrected chi connectivity index (χ0v) is 22.9. The van der Waals surface area contributed by atoms with Crippen molar-refractivity contribution >= 4 is 22.8 Å². The molecular formula is C28H37FN8O. The van der Waals surface area contributed by atoms with E-state index < -0.39 is 0 Å². The van der Waals surface area contributed by atoms with Gasteiger partial charge < -0.3 is 14.2 Å². The van der Waals surface area contributed by atoms with E-state index in [1.54, 1.807) is 12.4 Å². The molecule has 2 fully saturated rings. The number of anilines is 1. The minimum atomic E-state index is -0.186. The zero-order chi connectivity index (χ0) is 26.6. The maximum Gasteiger partial charge on any atom is 0.258 e. The summed E-state index contributed by atoms with van der Waals surface area (Å²) in [6.07, 6.45) is 4.06. The van der Waals surface area contributed by atoms with Gasteiger partial charge in [-0.3, -0.25) is 4.90 Å². The smallest absolute Gasteiger partial charge is 0.258 e. The Kier molecular flexibility index (Phi) is 6.55. The lowest BCUT2D eigenvalue weighted by atomic mass is 9.91. The monoisotopic (exact) mass is 520 g/mol. The maximum absolute atomic E-state index is 14.2. The molecule has 0 saturated carbocycles. The Morgan fingerprint density at radius 1 is 1.13 bits per heavy atom. The fourth-order valence-electron chi connectivity index (χ4n) is 6.45. The van der Waals surface area contributed by atoms with Crippen LogP contribution in [0.15, 0.2) is 30.6 Å². The summed E-state index contributed by atoms with van der Waals surface area (Å²) in [6.45, 7) is 14.1. The largest absolute Gasteiger partial charge is 0.376 e. The Hall–Kier alpha value is -3.11. The van der Waals surface area contributed by atoms with E-state index in [4.69, 9.17) is 14.7 Å². The summed E-state index contributed by atoms with van der Waals surface area (Å²) in [5, 5.41) is 8.49.